The fourth-order valence-corrected chi connectivity index (χ4v) is 4.11. The Balaban J connectivity index is 1.59. The third-order valence-electron chi connectivity index (χ3n) is 6.08. The summed E-state index contributed by atoms with van der Waals surface area (Å²) in [5.41, 5.74) is 8.19. The largest absolute Gasteiger partial charge is 0.358 e. The van der Waals surface area contributed by atoms with Crippen LogP contribution in [0, 0.1) is 0 Å². The number of hydrogen-bond acceptors (Lipinski definition) is 5. The minimum Gasteiger partial charge on any atom is -0.358 e. The van der Waals surface area contributed by atoms with Gasteiger partial charge in [0.15, 0.2) is 0 Å². The molecule has 0 saturated carbocycles. The van der Waals surface area contributed by atoms with E-state index in [2.05, 4.69) is 61.6 Å². The van der Waals surface area contributed by atoms with Crippen molar-refractivity contribution in [2.24, 2.45) is 0 Å². The van der Waals surface area contributed by atoms with Crippen molar-refractivity contribution in [3.63, 3.8) is 0 Å². The molecule has 3 N–H and O–H groups in total. The van der Waals surface area contributed by atoms with E-state index >= 15 is 0 Å². The van der Waals surface area contributed by atoms with Crippen molar-refractivity contribution in [3.8, 4) is 22.5 Å². The van der Waals surface area contributed by atoms with E-state index in [9.17, 15) is 0 Å². The fourth-order valence-electron chi connectivity index (χ4n) is 4.11. The molecule has 7 nitrogen and oxygen atoms in total. The molecule has 5 heterocycles. The highest BCUT2D eigenvalue weighted by Gasteiger charge is 2.13. The summed E-state index contributed by atoms with van der Waals surface area (Å²) in [5, 5.41) is 13.9. The maximum atomic E-state index is 4.63. The Morgan fingerprint density at radius 2 is 1.89 bits per heavy atom. The van der Waals surface area contributed by atoms with Crippen LogP contribution in [0.25, 0.3) is 51.3 Å². The first kappa shape index (κ1) is 23.0. The smallest absolute Gasteiger partial charge is 0.138 e. The van der Waals surface area contributed by atoms with E-state index in [1.807, 2.05) is 55.7 Å². The summed E-state index contributed by atoms with van der Waals surface area (Å²) in [6.07, 6.45) is 13.9. The zero-order valence-corrected chi connectivity index (χ0v) is 20.3. The lowest BCUT2D eigenvalue weighted by molar-refractivity contribution is 1.06. The standard InChI is InChI=1S/C29H27N7/c1-5-19(4)33-22-14-21(16-31-17-22)18(3)13-25-26(6-2)35-36-28(25)27-15-24-23(9-12-32-29(24)34-27)20-7-10-30-11-8-20/h6-17,33,35H,3-5H2,1-2H3,(H,32,34)/b25-13+,26-6+. The number of hydrogen-bond donors (Lipinski definition) is 3. The minimum absolute atomic E-state index is 0.796. The number of nitrogens with one attached hydrogen (secondary N) is 3. The number of nitrogens with zero attached hydrogens (tertiary/aromatic N) is 4. The summed E-state index contributed by atoms with van der Waals surface area (Å²) < 4.78 is 0. The number of allylic oxidation sites excluding steroid dienone is 2. The SMILES string of the molecule is C=C(CC)Nc1cncc(C(=C)/C=c2/c(-c3cc4c(-c5ccncc5)ccnc4[nH]3)n[nH]/c2=C/C)c1. The van der Waals surface area contributed by atoms with Crippen molar-refractivity contribution >= 4 is 34.4 Å². The topological polar surface area (TPSA) is 95.2 Å². The molecule has 5 rings (SSSR count). The molecule has 7 heteroatoms. The van der Waals surface area contributed by atoms with Gasteiger partial charge in [-0.3, -0.25) is 15.1 Å². The van der Waals surface area contributed by atoms with Crippen LogP contribution >= 0.6 is 0 Å². The van der Waals surface area contributed by atoms with Gasteiger partial charge in [-0.05, 0) is 66.5 Å². The number of fused-ring (bicyclic) bond motifs is 1. The zero-order chi connectivity index (χ0) is 25.1. The van der Waals surface area contributed by atoms with Crippen molar-refractivity contribution in [1.82, 2.24) is 30.1 Å². The zero-order valence-electron chi connectivity index (χ0n) is 20.3. The summed E-state index contributed by atoms with van der Waals surface area (Å²) in [6.45, 7) is 12.4. The molecule has 0 spiro atoms. The molecule has 5 aromatic heterocycles. The highest BCUT2D eigenvalue weighted by molar-refractivity contribution is 5.96. The molecule has 0 amide bonds. The first-order valence-electron chi connectivity index (χ1n) is 11.8. The van der Waals surface area contributed by atoms with Gasteiger partial charge in [-0.15, -0.1) is 0 Å². The Morgan fingerprint density at radius 3 is 2.67 bits per heavy atom. The third kappa shape index (κ3) is 4.46. The van der Waals surface area contributed by atoms with Crippen molar-refractivity contribution in [2.75, 3.05) is 5.32 Å². The second-order valence-corrected chi connectivity index (χ2v) is 8.44. The summed E-state index contributed by atoms with van der Waals surface area (Å²) in [4.78, 5) is 16.5. The predicted molar refractivity (Wildman–Crippen MR) is 147 cm³/mol. The second-order valence-electron chi connectivity index (χ2n) is 8.44. The van der Waals surface area contributed by atoms with Crippen molar-refractivity contribution in [2.45, 2.75) is 20.3 Å². The van der Waals surface area contributed by atoms with Gasteiger partial charge in [0.25, 0.3) is 0 Å². The molecule has 178 valence electrons. The third-order valence-corrected chi connectivity index (χ3v) is 6.08. The number of pyridine rings is 3. The van der Waals surface area contributed by atoms with Gasteiger partial charge < -0.3 is 10.3 Å². The summed E-state index contributed by atoms with van der Waals surface area (Å²) in [6, 6.07) is 10.1. The van der Waals surface area contributed by atoms with Gasteiger partial charge in [-0.1, -0.05) is 26.2 Å². The molecule has 0 saturated heterocycles. The summed E-state index contributed by atoms with van der Waals surface area (Å²) >= 11 is 0. The molecule has 0 radical (unpaired) electrons. The van der Waals surface area contributed by atoms with E-state index < -0.39 is 0 Å². The van der Waals surface area contributed by atoms with Gasteiger partial charge in [-0.2, -0.15) is 5.10 Å². The Bertz CT molecular complexity index is 1690. The predicted octanol–water partition coefficient (Wildman–Crippen LogP) is 5.04. The lowest BCUT2D eigenvalue weighted by Crippen LogP contribution is -2.23. The maximum absolute atomic E-state index is 4.63. The van der Waals surface area contributed by atoms with Crippen LogP contribution < -0.4 is 15.9 Å². The van der Waals surface area contributed by atoms with Crippen LogP contribution in [-0.4, -0.2) is 30.1 Å². The number of anilines is 1. The van der Waals surface area contributed by atoms with Gasteiger partial charge in [0, 0.05) is 46.7 Å². The lowest BCUT2D eigenvalue weighted by Gasteiger charge is -2.08. The monoisotopic (exact) mass is 473 g/mol. The summed E-state index contributed by atoms with van der Waals surface area (Å²) in [7, 11) is 0. The molecule has 0 aromatic carbocycles. The molecule has 0 fully saturated rings. The van der Waals surface area contributed by atoms with E-state index in [0.29, 0.717) is 0 Å². The minimum atomic E-state index is 0.796. The molecule has 0 aliphatic heterocycles. The van der Waals surface area contributed by atoms with E-state index in [1.165, 1.54) is 0 Å². The van der Waals surface area contributed by atoms with Crippen molar-refractivity contribution in [1.29, 1.82) is 0 Å². The molecule has 0 unspecified atom stereocenters. The Hall–Kier alpha value is -4.78. The first-order chi connectivity index (χ1) is 17.6. The normalized spacial score (nSPS) is 12.3. The molecule has 5 aromatic rings. The van der Waals surface area contributed by atoms with Crippen LogP contribution in [0.5, 0.6) is 0 Å². The van der Waals surface area contributed by atoms with Gasteiger partial charge in [0.2, 0.25) is 0 Å². The van der Waals surface area contributed by atoms with E-state index in [0.717, 1.165) is 73.1 Å². The molecule has 0 bridgehead atoms. The number of rotatable bonds is 7. The van der Waals surface area contributed by atoms with E-state index in [1.54, 1.807) is 18.6 Å². The summed E-state index contributed by atoms with van der Waals surface area (Å²) in [5.74, 6) is 0. The van der Waals surface area contributed by atoms with Crippen LogP contribution in [0.1, 0.15) is 25.8 Å². The quantitative estimate of drug-likeness (QED) is 0.308. The van der Waals surface area contributed by atoms with Crippen LogP contribution in [0.15, 0.2) is 80.2 Å². The molecule has 0 atom stereocenters. The lowest BCUT2D eigenvalue weighted by atomic mass is 10.0. The molecular formula is C29H27N7. The van der Waals surface area contributed by atoms with Gasteiger partial charge in [0.1, 0.15) is 11.3 Å². The van der Waals surface area contributed by atoms with Crippen molar-refractivity contribution in [3.05, 3.63) is 96.3 Å². The first-order valence-corrected chi connectivity index (χ1v) is 11.8. The number of aromatic amines is 2. The highest BCUT2D eigenvalue weighted by Crippen LogP contribution is 2.29. The van der Waals surface area contributed by atoms with Gasteiger partial charge >= 0.3 is 0 Å². The van der Waals surface area contributed by atoms with E-state index in [4.69, 9.17) is 0 Å². The molecular weight excluding hydrogens is 446 g/mol. The number of aromatic nitrogens is 6. The molecule has 0 aliphatic rings. The molecule has 36 heavy (non-hydrogen) atoms. The van der Waals surface area contributed by atoms with Crippen LogP contribution in [0.4, 0.5) is 5.69 Å². The average molecular weight is 474 g/mol. The fraction of sp³-hybridized carbons (Fsp3) is 0.103. The van der Waals surface area contributed by atoms with Crippen LogP contribution in [0.2, 0.25) is 0 Å². The molecule has 0 aliphatic carbocycles. The maximum Gasteiger partial charge on any atom is 0.138 e. The van der Waals surface area contributed by atoms with Gasteiger partial charge in [0.05, 0.1) is 22.9 Å². The average Bonchev–Trinajstić information content (AvgIpc) is 3.52. The van der Waals surface area contributed by atoms with E-state index in [-0.39, 0.29) is 0 Å². The van der Waals surface area contributed by atoms with Crippen LogP contribution in [0.3, 0.4) is 0 Å². The Labute approximate surface area is 209 Å². The van der Waals surface area contributed by atoms with Crippen molar-refractivity contribution < 1.29 is 0 Å². The Kier molecular flexibility index (Phi) is 6.28. The number of H-pyrrole nitrogens is 2. The van der Waals surface area contributed by atoms with Crippen LogP contribution in [-0.2, 0) is 0 Å². The highest BCUT2D eigenvalue weighted by atomic mass is 15.1. The second kappa shape index (κ2) is 9.84. The Morgan fingerprint density at radius 1 is 1.06 bits per heavy atom. The van der Waals surface area contributed by atoms with Gasteiger partial charge in [-0.25, -0.2) is 4.98 Å².